The van der Waals surface area contributed by atoms with Crippen LogP contribution in [0.2, 0.25) is 0 Å². The first-order valence-corrected chi connectivity index (χ1v) is 13.0. The minimum absolute atomic E-state index is 0.0172. The zero-order valence-corrected chi connectivity index (χ0v) is 22.4. The average Bonchev–Trinajstić information content (AvgIpc) is 3.04. The fourth-order valence-electron chi connectivity index (χ4n) is 3.26. The van der Waals surface area contributed by atoms with Crippen LogP contribution in [0.3, 0.4) is 0 Å². The lowest BCUT2D eigenvalue weighted by molar-refractivity contribution is -0.117. The minimum atomic E-state index is -4.04. The van der Waals surface area contributed by atoms with Gasteiger partial charge >= 0.3 is 5.97 Å². The summed E-state index contributed by atoms with van der Waals surface area (Å²) in [4.78, 5) is 23.9. The number of nitrogens with one attached hydrogen (secondary N) is 2. The first-order chi connectivity index (χ1) is 16.1. The average molecular weight is 509 g/mol. The van der Waals surface area contributed by atoms with Gasteiger partial charge in [0.25, 0.3) is 0 Å². The van der Waals surface area contributed by atoms with Crippen molar-refractivity contribution in [2.45, 2.75) is 85.2 Å². The molecule has 2 aromatic rings. The maximum Gasteiger partial charge on any atom is 0.356 e. The molecule has 0 aliphatic carbocycles. The molecular formula is C24H36N4O6S. The number of sulfonamides is 1. The second-order valence-electron chi connectivity index (χ2n) is 10.1. The number of carboxylic acid groups (broad SMARTS) is 1. The number of carbonyl (C=O) groups is 2. The van der Waals surface area contributed by atoms with Crippen molar-refractivity contribution in [2.75, 3.05) is 5.32 Å². The second kappa shape index (κ2) is 10.8. The summed E-state index contributed by atoms with van der Waals surface area (Å²) in [6.07, 6.45) is 0.821. The van der Waals surface area contributed by atoms with E-state index in [-0.39, 0.29) is 57.6 Å². The molecule has 0 spiro atoms. The van der Waals surface area contributed by atoms with Crippen molar-refractivity contribution < 1.29 is 27.9 Å². The third-order valence-electron chi connectivity index (χ3n) is 5.17. The van der Waals surface area contributed by atoms with Gasteiger partial charge in [-0.25, -0.2) is 22.6 Å². The molecule has 0 bridgehead atoms. The molecule has 0 radical (unpaired) electrons. The molecule has 0 saturated carbocycles. The highest BCUT2D eigenvalue weighted by Crippen LogP contribution is 2.35. The van der Waals surface area contributed by atoms with Crippen molar-refractivity contribution in [3.8, 4) is 11.6 Å². The van der Waals surface area contributed by atoms with Crippen LogP contribution < -0.4 is 14.8 Å². The van der Waals surface area contributed by atoms with Crippen LogP contribution in [0.4, 0.5) is 5.69 Å². The van der Waals surface area contributed by atoms with Crippen LogP contribution in [0.15, 0.2) is 23.1 Å². The topological polar surface area (TPSA) is 140 Å². The number of aromatic nitrogens is 2. The Bertz CT molecular complexity index is 1200. The molecule has 1 heterocycles. The molecule has 194 valence electrons. The van der Waals surface area contributed by atoms with Crippen LogP contribution in [-0.4, -0.2) is 41.2 Å². The third-order valence-corrected chi connectivity index (χ3v) is 6.78. The molecule has 11 heteroatoms. The van der Waals surface area contributed by atoms with E-state index in [1.165, 1.54) is 16.8 Å². The SMILES string of the molecule is CC[C@H](C)NS(=O)(=O)c1cc(NC(=O)CC(C)(C)C)ccc1Oc1c(C)c(C(=O)O)nn1C(C)C. The van der Waals surface area contributed by atoms with Gasteiger partial charge in [0, 0.05) is 23.7 Å². The lowest BCUT2D eigenvalue weighted by atomic mass is 9.92. The molecule has 1 aromatic heterocycles. The molecule has 35 heavy (non-hydrogen) atoms. The summed E-state index contributed by atoms with van der Waals surface area (Å²) in [6, 6.07) is 3.74. The van der Waals surface area contributed by atoms with Gasteiger partial charge in [0.05, 0.1) is 6.04 Å². The Labute approximate surface area is 207 Å². The van der Waals surface area contributed by atoms with Crippen molar-refractivity contribution in [3.05, 3.63) is 29.5 Å². The van der Waals surface area contributed by atoms with Crippen molar-refractivity contribution in [3.63, 3.8) is 0 Å². The number of aromatic carboxylic acids is 1. The van der Waals surface area contributed by atoms with Gasteiger partial charge in [-0.1, -0.05) is 27.7 Å². The lowest BCUT2D eigenvalue weighted by Gasteiger charge is -2.19. The smallest absolute Gasteiger partial charge is 0.356 e. The number of nitrogens with zero attached hydrogens (tertiary/aromatic N) is 2. The van der Waals surface area contributed by atoms with Gasteiger partial charge in [-0.2, -0.15) is 5.10 Å². The Morgan fingerprint density at radius 3 is 2.34 bits per heavy atom. The van der Waals surface area contributed by atoms with E-state index in [4.69, 9.17) is 4.74 Å². The van der Waals surface area contributed by atoms with E-state index in [1.54, 1.807) is 33.8 Å². The molecule has 0 aliphatic rings. The number of hydrogen-bond donors (Lipinski definition) is 3. The lowest BCUT2D eigenvalue weighted by Crippen LogP contribution is -2.32. The fourth-order valence-corrected chi connectivity index (χ4v) is 4.74. The predicted octanol–water partition coefficient (Wildman–Crippen LogP) is 4.71. The van der Waals surface area contributed by atoms with E-state index in [0.29, 0.717) is 12.1 Å². The number of carbonyl (C=O) groups excluding carboxylic acids is 1. The zero-order valence-electron chi connectivity index (χ0n) is 21.6. The maximum absolute atomic E-state index is 13.3. The Morgan fingerprint density at radius 1 is 1.20 bits per heavy atom. The van der Waals surface area contributed by atoms with Crippen LogP contribution in [0.1, 0.15) is 83.4 Å². The van der Waals surface area contributed by atoms with E-state index >= 15 is 0 Å². The minimum Gasteiger partial charge on any atom is -0.476 e. The molecule has 0 unspecified atom stereocenters. The van der Waals surface area contributed by atoms with Gasteiger partial charge in [0.15, 0.2) is 5.69 Å². The molecule has 3 N–H and O–H groups in total. The molecule has 2 rings (SSSR count). The number of anilines is 1. The normalized spacial score (nSPS) is 13.1. The van der Waals surface area contributed by atoms with E-state index < -0.39 is 16.0 Å². The highest BCUT2D eigenvalue weighted by Gasteiger charge is 2.27. The monoisotopic (exact) mass is 508 g/mol. The molecule has 10 nitrogen and oxygen atoms in total. The standard InChI is InChI=1S/C24H36N4O6S/c1-9-15(4)27-35(32,33)19-12-17(25-20(29)13-24(6,7)8)10-11-18(19)34-22-16(5)21(23(30)31)26-28(22)14(2)3/h10-12,14-15,27H,9,13H2,1-8H3,(H,25,29)(H,30,31)/t15-/m0/s1. The van der Waals surface area contributed by atoms with Gasteiger partial charge in [-0.05, 0) is 57.7 Å². The molecular weight excluding hydrogens is 472 g/mol. The number of amides is 1. The van der Waals surface area contributed by atoms with Crippen molar-refractivity contribution in [2.24, 2.45) is 5.41 Å². The molecule has 1 amide bonds. The molecule has 0 aliphatic heterocycles. The van der Waals surface area contributed by atoms with Crippen LogP contribution in [0.5, 0.6) is 11.6 Å². The molecule has 1 atom stereocenters. The molecule has 1 aromatic carbocycles. The molecule has 0 fully saturated rings. The Balaban J connectivity index is 2.59. The highest BCUT2D eigenvalue weighted by molar-refractivity contribution is 7.89. The summed E-state index contributed by atoms with van der Waals surface area (Å²) in [5.41, 5.74) is 0.153. The summed E-state index contributed by atoms with van der Waals surface area (Å²) >= 11 is 0. The van der Waals surface area contributed by atoms with Gasteiger partial charge in [-0.15, -0.1) is 0 Å². The zero-order chi connectivity index (χ0) is 26.7. The van der Waals surface area contributed by atoms with E-state index in [0.717, 1.165) is 0 Å². The number of benzene rings is 1. The summed E-state index contributed by atoms with van der Waals surface area (Å²) in [7, 11) is -4.04. The van der Waals surface area contributed by atoms with E-state index in [2.05, 4.69) is 15.1 Å². The summed E-state index contributed by atoms with van der Waals surface area (Å²) in [5.74, 6) is -1.35. The number of rotatable bonds is 10. The number of hydrogen-bond acceptors (Lipinski definition) is 6. The summed E-state index contributed by atoms with van der Waals surface area (Å²) in [6.45, 7) is 14.6. The van der Waals surface area contributed by atoms with Gasteiger partial charge in [0.1, 0.15) is 10.6 Å². The third kappa shape index (κ3) is 7.28. The summed E-state index contributed by atoms with van der Waals surface area (Å²) < 4.78 is 36.6. The largest absolute Gasteiger partial charge is 0.476 e. The van der Waals surface area contributed by atoms with Gasteiger partial charge < -0.3 is 15.2 Å². The quantitative estimate of drug-likeness (QED) is 0.422. The van der Waals surface area contributed by atoms with Crippen molar-refractivity contribution >= 4 is 27.6 Å². The Hall–Kier alpha value is -2.92. The van der Waals surface area contributed by atoms with Crippen LogP contribution in [0.25, 0.3) is 0 Å². The van der Waals surface area contributed by atoms with Gasteiger partial charge in [0.2, 0.25) is 21.8 Å². The summed E-state index contributed by atoms with van der Waals surface area (Å²) in [5, 5.41) is 16.4. The number of carboxylic acids is 1. The first kappa shape index (κ1) is 28.3. The van der Waals surface area contributed by atoms with Crippen LogP contribution in [-0.2, 0) is 14.8 Å². The highest BCUT2D eigenvalue weighted by atomic mass is 32.2. The Morgan fingerprint density at radius 2 is 1.83 bits per heavy atom. The van der Waals surface area contributed by atoms with Crippen molar-refractivity contribution in [1.82, 2.24) is 14.5 Å². The van der Waals surface area contributed by atoms with Crippen LogP contribution in [0, 0.1) is 12.3 Å². The predicted molar refractivity (Wildman–Crippen MR) is 134 cm³/mol. The van der Waals surface area contributed by atoms with E-state index in [1.807, 2.05) is 27.7 Å². The van der Waals surface area contributed by atoms with E-state index in [9.17, 15) is 23.1 Å². The maximum atomic E-state index is 13.3. The number of ether oxygens (including phenoxy) is 1. The van der Waals surface area contributed by atoms with Crippen LogP contribution >= 0.6 is 0 Å². The fraction of sp³-hybridized carbons (Fsp3) is 0.542. The Kier molecular flexibility index (Phi) is 8.72. The molecule has 0 saturated heterocycles. The first-order valence-electron chi connectivity index (χ1n) is 11.5. The van der Waals surface area contributed by atoms with Gasteiger partial charge in [-0.3, -0.25) is 4.79 Å². The van der Waals surface area contributed by atoms with Crippen molar-refractivity contribution in [1.29, 1.82) is 0 Å². The second-order valence-corrected chi connectivity index (χ2v) is 11.8.